The zero-order chi connectivity index (χ0) is 27.1. The van der Waals surface area contributed by atoms with Gasteiger partial charge in [-0.2, -0.15) is 5.10 Å². The molecule has 0 aliphatic rings. The monoisotopic (exact) mass is 645 g/mol. The minimum atomic E-state index is -2.06. The van der Waals surface area contributed by atoms with Crippen LogP contribution in [0.5, 0.6) is 0 Å². The van der Waals surface area contributed by atoms with Gasteiger partial charge in [0.2, 0.25) is 0 Å². The van der Waals surface area contributed by atoms with Crippen LogP contribution >= 0.6 is 47.4 Å². The van der Waals surface area contributed by atoms with E-state index in [0.717, 1.165) is 28.7 Å². The van der Waals surface area contributed by atoms with Gasteiger partial charge in [-0.15, -0.1) is 22.1 Å². The molecule has 0 amide bonds. The van der Waals surface area contributed by atoms with Gasteiger partial charge < -0.3 is 0 Å². The van der Waals surface area contributed by atoms with E-state index in [1.807, 2.05) is 48.5 Å². The number of hydrogen-bond donors (Lipinski definition) is 0. The summed E-state index contributed by atoms with van der Waals surface area (Å²) in [6, 6.07) is 47.8. The molecular weight excluding hydrogens is 618 g/mol. The van der Waals surface area contributed by atoms with E-state index in [9.17, 15) is 0 Å². The first-order valence-corrected chi connectivity index (χ1v) is 15.5. The molecule has 0 heterocycles. The molecule has 0 aliphatic heterocycles. The standard InChI is InChI=1S/C34H28Cl2N2P.BrH/c1-26(37-38-34(27-17-21-29(35)22-18-27)28-19-23-30(36)24-20-28)25-39(31-11-5-2-6-12-31,32-13-7-3-8-14-32)33-15-9-4-10-16-33;/h2-24H,25H2,1H3;1H/q+1;/b37-26+;. The lowest BCUT2D eigenvalue weighted by molar-refractivity contribution is 1.22. The predicted octanol–water partition coefficient (Wildman–Crippen LogP) is 8.78. The molecule has 0 aromatic heterocycles. The van der Waals surface area contributed by atoms with Gasteiger partial charge in [-0.3, -0.25) is 0 Å². The van der Waals surface area contributed by atoms with E-state index in [0.29, 0.717) is 10.0 Å². The molecule has 0 saturated heterocycles. The Morgan fingerprint density at radius 2 is 0.875 bits per heavy atom. The molecule has 0 unspecified atom stereocenters. The number of hydrogen-bond acceptors (Lipinski definition) is 2. The quantitative estimate of drug-likeness (QED) is 0.0915. The van der Waals surface area contributed by atoms with Crippen molar-refractivity contribution in [2.75, 3.05) is 6.16 Å². The van der Waals surface area contributed by atoms with Crippen molar-refractivity contribution in [3.05, 3.63) is 161 Å². The van der Waals surface area contributed by atoms with E-state index >= 15 is 0 Å². The normalized spacial score (nSPS) is 11.4. The molecule has 0 aliphatic carbocycles. The van der Waals surface area contributed by atoms with Crippen LogP contribution in [-0.4, -0.2) is 17.6 Å². The number of benzene rings is 5. The van der Waals surface area contributed by atoms with Gasteiger partial charge in [0, 0.05) is 21.2 Å². The highest BCUT2D eigenvalue weighted by Crippen LogP contribution is 2.55. The van der Waals surface area contributed by atoms with E-state index in [2.05, 4.69) is 97.9 Å². The van der Waals surface area contributed by atoms with Gasteiger partial charge in [0.25, 0.3) is 0 Å². The minimum absolute atomic E-state index is 0. The summed E-state index contributed by atoms with van der Waals surface area (Å²) in [5.41, 5.74) is 3.60. The van der Waals surface area contributed by atoms with Crippen LogP contribution in [0.3, 0.4) is 0 Å². The third-order valence-electron chi connectivity index (χ3n) is 6.61. The zero-order valence-corrected chi connectivity index (χ0v) is 26.1. The topological polar surface area (TPSA) is 24.7 Å². The number of rotatable bonds is 8. The Labute approximate surface area is 257 Å². The van der Waals surface area contributed by atoms with Gasteiger partial charge in [-0.1, -0.05) is 102 Å². The van der Waals surface area contributed by atoms with Crippen molar-refractivity contribution in [3.8, 4) is 0 Å². The molecule has 6 heteroatoms. The summed E-state index contributed by atoms with van der Waals surface area (Å²) in [6.07, 6.45) is 0.767. The summed E-state index contributed by atoms with van der Waals surface area (Å²) in [5.74, 6) is 0. The zero-order valence-electron chi connectivity index (χ0n) is 22.0. The molecule has 0 N–H and O–H groups in total. The van der Waals surface area contributed by atoms with Crippen molar-refractivity contribution >= 4 is 74.8 Å². The second-order valence-corrected chi connectivity index (χ2v) is 13.6. The van der Waals surface area contributed by atoms with Crippen LogP contribution in [0.15, 0.2) is 150 Å². The lowest BCUT2D eigenvalue weighted by Gasteiger charge is -2.27. The molecule has 0 spiro atoms. The van der Waals surface area contributed by atoms with Gasteiger partial charge in [0.05, 0.1) is 5.71 Å². The van der Waals surface area contributed by atoms with Gasteiger partial charge in [0.1, 0.15) is 35.0 Å². The summed E-state index contributed by atoms with van der Waals surface area (Å²) in [7, 11) is -2.06. The van der Waals surface area contributed by atoms with Crippen LogP contribution in [0.25, 0.3) is 0 Å². The molecule has 0 bridgehead atoms. The molecule has 0 saturated carbocycles. The van der Waals surface area contributed by atoms with Gasteiger partial charge in [-0.25, -0.2) is 0 Å². The molecule has 5 aromatic rings. The summed E-state index contributed by atoms with van der Waals surface area (Å²) in [5, 5.41) is 15.0. The molecule has 2 nitrogen and oxygen atoms in total. The first-order chi connectivity index (χ1) is 19.1. The fraction of sp³-hybridized carbons (Fsp3) is 0.0588. The maximum Gasteiger partial charge on any atom is 0.117 e. The van der Waals surface area contributed by atoms with Crippen LogP contribution in [0.2, 0.25) is 10.0 Å². The molecular formula is C34H29BrCl2N2P+. The van der Waals surface area contributed by atoms with E-state index in [4.69, 9.17) is 33.4 Å². The summed E-state index contributed by atoms with van der Waals surface area (Å²) >= 11 is 12.4. The number of nitrogens with zero attached hydrogens (tertiary/aromatic N) is 2. The Bertz CT molecular complexity index is 1430. The maximum absolute atomic E-state index is 6.18. The van der Waals surface area contributed by atoms with Gasteiger partial charge >= 0.3 is 0 Å². The second-order valence-electron chi connectivity index (χ2n) is 9.27. The van der Waals surface area contributed by atoms with E-state index in [1.54, 1.807) is 0 Å². The molecule has 200 valence electrons. The Balaban J connectivity index is 0.00000370. The Hall–Kier alpha value is -3.07. The SMILES string of the molecule is Br.C/C(C[P+](c1ccccc1)(c1ccccc1)c1ccccc1)=N\N=C(c1ccc(Cl)cc1)c1ccc(Cl)cc1. The fourth-order valence-corrected chi connectivity index (χ4v) is 9.26. The molecule has 0 radical (unpaired) electrons. The Morgan fingerprint density at radius 1 is 0.525 bits per heavy atom. The van der Waals surface area contributed by atoms with Crippen LogP contribution in [0, 0.1) is 0 Å². The molecule has 5 rings (SSSR count). The van der Waals surface area contributed by atoms with E-state index in [-0.39, 0.29) is 17.0 Å². The van der Waals surface area contributed by atoms with Crippen LogP contribution in [0.1, 0.15) is 18.1 Å². The number of halogens is 3. The van der Waals surface area contributed by atoms with E-state index in [1.165, 1.54) is 15.9 Å². The smallest absolute Gasteiger partial charge is 0.117 e. The highest BCUT2D eigenvalue weighted by atomic mass is 79.9. The summed E-state index contributed by atoms with van der Waals surface area (Å²) in [6.45, 7) is 2.08. The average Bonchev–Trinajstić information content (AvgIpc) is 2.99. The van der Waals surface area contributed by atoms with Gasteiger partial charge in [-0.05, 0) is 67.6 Å². The van der Waals surface area contributed by atoms with Crippen molar-refractivity contribution in [2.45, 2.75) is 6.92 Å². The Kier molecular flexibility index (Phi) is 10.5. The fourth-order valence-electron chi connectivity index (χ4n) is 4.78. The summed E-state index contributed by atoms with van der Waals surface area (Å²) < 4.78 is 0. The third-order valence-corrected chi connectivity index (χ3v) is 11.6. The van der Waals surface area contributed by atoms with E-state index < -0.39 is 7.26 Å². The van der Waals surface area contributed by atoms with Crippen LogP contribution in [0.4, 0.5) is 0 Å². The molecule has 40 heavy (non-hydrogen) atoms. The third kappa shape index (κ3) is 6.79. The van der Waals surface area contributed by atoms with Crippen molar-refractivity contribution in [1.82, 2.24) is 0 Å². The molecule has 0 fully saturated rings. The second kappa shape index (κ2) is 14.0. The average molecular weight is 647 g/mol. The van der Waals surface area contributed by atoms with Crippen LogP contribution < -0.4 is 15.9 Å². The molecule has 0 atom stereocenters. The minimum Gasteiger partial charge on any atom is -0.156 e. The Morgan fingerprint density at radius 3 is 1.23 bits per heavy atom. The predicted molar refractivity (Wildman–Crippen MR) is 182 cm³/mol. The van der Waals surface area contributed by atoms with Crippen molar-refractivity contribution in [2.24, 2.45) is 10.2 Å². The van der Waals surface area contributed by atoms with Crippen LogP contribution in [-0.2, 0) is 0 Å². The largest absolute Gasteiger partial charge is 0.156 e. The van der Waals surface area contributed by atoms with Crippen molar-refractivity contribution < 1.29 is 0 Å². The van der Waals surface area contributed by atoms with Gasteiger partial charge in [0.15, 0.2) is 0 Å². The van der Waals surface area contributed by atoms with Crippen molar-refractivity contribution in [1.29, 1.82) is 0 Å². The highest BCUT2D eigenvalue weighted by Gasteiger charge is 2.45. The van der Waals surface area contributed by atoms with Crippen molar-refractivity contribution in [3.63, 3.8) is 0 Å². The first-order valence-electron chi connectivity index (χ1n) is 12.7. The first kappa shape index (κ1) is 29.9. The molecule has 5 aromatic carbocycles. The lowest BCUT2D eigenvalue weighted by atomic mass is 10.0. The highest BCUT2D eigenvalue weighted by molar-refractivity contribution is 8.93. The maximum atomic E-state index is 6.18. The summed E-state index contributed by atoms with van der Waals surface area (Å²) in [4.78, 5) is 0. The lowest BCUT2D eigenvalue weighted by Crippen LogP contribution is -2.35.